The molecular formula is C50H35N3. The SMILES string of the molecule is c1ccc(-c2cc(-c3ccccc3)cc(-n3ccc4c3ccc3c5ccccc5n(-c5cccc(N(c6ccccc6)c6ccccc6)c5)c34)c2)cc1. The Kier molecular flexibility index (Phi) is 7.47. The summed E-state index contributed by atoms with van der Waals surface area (Å²) in [4.78, 5) is 2.33. The minimum atomic E-state index is 1.10. The Hall–Kier alpha value is -7.10. The molecule has 0 fully saturated rings. The van der Waals surface area contributed by atoms with Crippen LogP contribution in [-0.2, 0) is 0 Å². The van der Waals surface area contributed by atoms with Gasteiger partial charge in [-0.2, -0.15) is 0 Å². The largest absolute Gasteiger partial charge is 0.316 e. The normalized spacial score (nSPS) is 11.4. The maximum Gasteiger partial charge on any atom is 0.0635 e. The van der Waals surface area contributed by atoms with E-state index in [4.69, 9.17) is 0 Å². The minimum absolute atomic E-state index is 1.10. The topological polar surface area (TPSA) is 13.1 Å². The summed E-state index contributed by atoms with van der Waals surface area (Å²) in [5, 5.41) is 3.68. The van der Waals surface area contributed by atoms with Gasteiger partial charge in [0.15, 0.2) is 0 Å². The molecule has 0 radical (unpaired) electrons. The fraction of sp³-hybridized carbons (Fsp3) is 0. The standard InChI is InChI=1S/C50H35N3/c1-5-16-36(17-6-1)38-32-39(37-18-7-2-8-19-37)34-44(33-38)51-31-30-47-48(51)29-28-46-45-26-13-14-27-49(45)53(50(46)47)43-25-15-24-42(35-43)52(40-20-9-3-10-21-40)41-22-11-4-12-23-41/h1-35H. The first-order chi connectivity index (χ1) is 26.3. The van der Waals surface area contributed by atoms with Crippen LogP contribution in [0.4, 0.5) is 17.1 Å². The van der Waals surface area contributed by atoms with E-state index in [0.29, 0.717) is 0 Å². The van der Waals surface area contributed by atoms with E-state index in [1.807, 2.05) is 0 Å². The summed E-state index contributed by atoms with van der Waals surface area (Å²) in [5.41, 5.74) is 13.9. The quantitative estimate of drug-likeness (QED) is 0.164. The molecule has 0 spiro atoms. The molecule has 3 nitrogen and oxygen atoms in total. The first kappa shape index (κ1) is 30.7. The van der Waals surface area contributed by atoms with E-state index < -0.39 is 0 Å². The van der Waals surface area contributed by atoms with Gasteiger partial charge >= 0.3 is 0 Å². The van der Waals surface area contributed by atoms with Crippen LogP contribution in [0.2, 0.25) is 0 Å². The van der Waals surface area contributed by atoms with Crippen LogP contribution < -0.4 is 4.90 Å². The van der Waals surface area contributed by atoms with Crippen LogP contribution in [0.25, 0.3) is 66.3 Å². The van der Waals surface area contributed by atoms with E-state index in [2.05, 4.69) is 226 Å². The molecule has 0 amide bonds. The van der Waals surface area contributed by atoms with Gasteiger partial charge in [0.05, 0.1) is 16.6 Å². The van der Waals surface area contributed by atoms with Crippen molar-refractivity contribution in [2.75, 3.05) is 4.90 Å². The third-order valence-electron chi connectivity index (χ3n) is 10.3. The lowest BCUT2D eigenvalue weighted by molar-refractivity contribution is 1.13. The van der Waals surface area contributed by atoms with Crippen LogP contribution in [-0.4, -0.2) is 9.13 Å². The van der Waals surface area contributed by atoms with Crippen LogP contribution in [0, 0.1) is 0 Å². The fourth-order valence-electron chi connectivity index (χ4n) is 7.89. The molecule has 0 bridgehead atoms. The molecule has 250 valence electrons. The number of nitrogens with zero attached hydrogens (tertiary/aromatic N) is 3. The molecule has 0 N–H and O–H groups in total. The van der Waals surface area contributed by atoms with Gasteiger partial charge in [-0.3, -0.25) is 0 Å². The summed E-state index contributed by atoms with van der Waals surface area (Å²) < 4.78 is 4.80. The third-order valence-corrected chi connectivity index (χ3v) is 10.3. The van der Waals surface area contributed by atoms with Gasteiger partial charge in [-0.1, -0.05) is 127 Å². The van der Waals surface area contributed by atoms with Crippen molar-refractivity contribution < 1.29 is 0 Å². The molecule has 8 aromatic carbocycles. The summed E-state index contributed by atoms with van der Waals surface area (Å²) in [6.45, 7) is 0. The van der Waals surface area contributed by atoms with Crippen LogP contribution in [0.15, 0.2) is 212 Å². The van der Waals surface area contributed by atoms with Crippen molar-refractivity contribution in [2.24, 2.45) is 0 Å². The molecule has 0 aliphatic heterocycles. The van der Waals surface area contributed by atoms with Crippen LogP contribution in [0.1, 0.15) is 0 Å². The molecule has 0 aliphatic carbocycles. The van der Waals surface area contributed by atoms with E-state index in [-0.39, 0.29) is 0 Å². The van der Waals surface area contributed by atoms with Gasteiger partial charge in [-0.15, -0.1) is 0 Å². The van der Waals surface area contributed by atoms with Crippen LogP contribution in [0.5, 0.6) is 0 Å². The second-order valence-corrected chi connectivity index (χ2v) is 13.5. The zero-order chi connectivity index (χ0) is 35.1. The second kappa shape index (κ2) is 12.9. The Balaban J connectivity index is 1.19. The molecule has 0 aliphatic rings. The monoisotopic (exact) mass is 677 g/mol. The highest BCUT2D eigenvalue weighted by molar-refractivity contribution is 6.18. The Labute approximate surface area is 308 Å². The number of rotatable bonds is 7. The molecular weight excluding hydrogens is 643 g/mol. The number of para-hydroxylation sites is 3. The average Bonchev–Trinajstić information content (AvgIpc) is 3.82. The van der Waals surface area contributed by atoms with Crippen molar-refractivity contribution in [1.29, 1.82) is 0 Å². The van der Waals surface area contributed by atoms with Gasteiger partial charge in [0, 0.05) is 50.8 Å². The summed E-state index contributed by atoms with van der Waals surface area (Å²) in [6, 6.07) is 74.1. The Morgan fingerprint density at radius 3 is 1.53 bits per heavy atom. The first-order valence-corrected chi connectivity index (χ1v) is 18.1. The number of benzene rings is 8. The molecule has 10 rings (SSSR count). The summed E-state index contributed by atoms with van der Waals surface area (Å²) >= 11 is 0. The predicted octanol–water partition coefficient (Wildman–Crippen LogP) is 13.5. The van der Waals surface area contributed by atoms with Crippen molar-refractivity contribution in [3.63, 3.8) is 0 Å². The second-order valence-electron chi connectivity index (χ2n) is 13.5. The highest BCUT2D eigenvalue weighted by Gasteiger charge is 2.19. The third kappa shape index (κ3) is 5.38. The molecule has 10 aromatic rings. The Bertz CT molecular complexity index is 2770. The number of fused-ring (bicyclic) bond motifs is 5. The zero-order valence-corrected chi connectivity index (χ0v) is 29.0. The van der Waals surface area contributed by atoms with E-state index in [1.165, 1.54) is 49.4 Å². The summed E-state index contributed by atoms with van der Waals surface area (Å²) in [6.07, 6.45) is 2.23. The Morgan fingerprint density at radius 1 is 0.321 bits per heavy atom. The fourth-order valence-corrected chi connectivity index (χ4v) is 7.89. The molecule has 0 saturated heterocycles. The number of anilines is 3. The molecule has 0 unspecified atom stereocenters. The van der Waals surface area contributed by atoms with Crippen molar-refractivity contribution in [2.45, 2.75) is 0 Å². The maximum atomic E-state index is 2.45. The average molecular weight is 678 g/mol. The molecule has 0 saturated carbocycles. The van der Waals surface area contributed by atoms with E-state index >= 15 is 0 Å². The predicted molar refractivity (Wildman–Crippen MR) is 223 cm³/mol. The molecule has 3 heteroatoms. The van der Waals surface area contributed by atoms with E-state index in [0.717, 1.165) is 34.0 Å². The number of aromatic nitrogens is 2. The molecule has 53 heavy (non-hydrogen) atoms. The van der Waals surface area contributed by atoms with Gasteiger partial charge < -0.3 is 14.0 Å². The van der Waals surface area contributed by atoms with Crippen molar-refractivity contribution in [3.05, 3.63) is 212 Å². The van der Waals surface area contributed by atoms with Gasteiger partial charge in [-0.05, 0) is 101 Å². The van der Waals surface area contributed by atoms with Crippen molar-refractivity contribution in [3.8, 4) is 33.6 Å². The Morgan fingerprint density at radius 2 is 0.887 bits per heavy atom. The first-order valence-electron chi connectivity index (χ1n) is 18.1. The number of hydrogen-bond acceptors (Lipinski definition) is 1. The molecule has 2 heterocycles. The highest BCUT2D eigenvalue weighted by atomic mass is 15.1. The van der Waals surface area contributed by atoms with Gasteiger partial charge in [0.2, 0.25) is 0 Å². The van der Waals surface area contributed by atoms with Crippen molar-refractivity contribution in [1.82, 2.24) is 9.13 Å². The minimum Gasteiger partial charge on any atom is -0.316 e. The van der Waals surface area contributed by atoms with Crippen LogP contribution in [0.3, 0.4) is 0 Å². The van der Waals surface area contributed by atoms with Crippen LogP contribution >= 0.6 is 0 Å². The van der Waals surface area contributed by atoms with Gasteiger partial charge in [0.1, 0.15) is 0 Å². The maximum absolute atomic E-state index is 2.45. The lowest BCUT2D eigenvalue weighted by atomic mass is 9.98. The summed E-state index contributed by atoms with van der Waals surface area (Å²) in [5.74, 6) is 0. The van der Waals surface area contributed by atoms with E-state index in [9.17, 15) is 0 Å². The van der Waals surface area contributed by atoms with Gasteiger partial charge in [-0.25, -0.2) is 0 Å². The van der Waals surface area contributed by atoms with E-state index in [1.54, 1.807) is 0 Å². The smallest absolute Gasteiger partial charge is 0.0635 e. The highest BCUT2D eigenvalue weighted by Crippen LogP contribution is 2.41. The zero-order valence-electron chi connectivity index (χ0n) is 29.0. The lowest BCUT2D eigenvalue weighted by Gasteiger charge is -2.26. The molecule has 2 aromatic heterocycles. The summed E-state index contributed by atoms with van der Waals surface area (Å²) in [7, 11) is 0. The molecule has 0 atom stereocenters. The lowest BCUT2D eigenvalue weighted by Crippen LogP contribution is -2.10. The van der Waals surface area contributed by atoms with Gasteiger partial charge in [0.25, 0.3) is 0 Å². The van der Waals surface area contributed by atoms with Crippen molar-refractivity contribution >= 4 is 49.8 Å². The number of hydrogen-bond donors (Lipinski definition) is 0.